The molecular weight excluding hydrogens is 326 g/mol. The van der Waals surface area contributed by atoms with Crippen LogP contribution in [0.15, 0.2) is 54.6 Å². The van der Waals surface area contributed by atoms with Crippen LogP contribution in [0.4, 0.5) is 16.2 Å². The summed E-state index contributed by atoms with van der Waals surface area (Å²) in [4.78, 5) is 26.2. The summed E-state index contributed by atoms with van der Waals surface area (Å²) in [6.07, 6.45) is 4.45. The second-order valence-corrected chi connectivity index (χ2v) is 6.22. The number of carbonyl (C=O) groups is 2. The SMILES string of the molecule is CCCCCCNC(=O)Nc1cccc(C(=O)N(C)c2ccccc2)c1. The Morgan fingerprint density at radius 3 is 2.46 bits per heavy atom. The second-order valence-electron chi connectivity index (χ2n) is 6.22. The third-order valence-electron chi connectivity index (χ3n) is 4.13. The van der Waals surface area contributed by atoms with Crippen molar-refractivity contribution in [2.75, 3.05) is 23.8 Å². The molecule has 2 aromatic rings. The Morgan fingerprint density at radius 2 is 1.73 bits per heavy atom. The lowest BCUT2D eigenvalue weighted by Crippen LogP contribution is -2.30. The standard InChI is InChI=1S/C21H27N3O2/c1-3-4-5-9-15-22-21(26)23-18-12-10-11-17(16-18)20(25)24(2)19-13-7-6-8-14-19/h6-8,10-14,16H,3-5,9,15H2,1-2H3,(H2,22,23,26). The molecule has 0 saturated carbocycles. The van der Waals surface area contributed by atoms with Crippen LogP contribution in [-0.2, 0) is 0 Å². The maximum absolute atomic E-state index is 12.7. The molecule has 0 atom stereocenters. The number of nitrogens with one attached hydrogen (secondary N) is 2. The zero-order chi connectivity index (χ0) is 18.8. The van der Waals surface area contributed by atoms with Crippen molar-refractivity contribution in [2.45, 2.75) is 32.6 Å². The molecule has 2 N–H and O–H groups in total. The fraction of sp³-hybridized carbons (Fsp3) is 0.333. The van der Waals surface area contributed by atoms with Gasteiger partial charge in [0.05, 0.1) is 0 Å². The average Bonchev–Trinajstić information content (AvgIpc) is 2.67. The van der Waals surface area contributed by atoms with Crippen molar-refractivity contribution in [1.29, 1.82) is 0 Å². The fourth-order valence-corrected chi connectivity index (χ4v) is 2.62. The number of benzene rings is 2. The number of hydrogen-bond acceptors (Lipinski definition) is 2. The summed E-state index contributed by atoms with van der Waals surface area (Å²) in [5.41, 5.74) is 1.95. The van der Waals surface area contributed by atoms with Gasteiger partial charge in [0.1, 0.15) is 0 Å². The molecule has 0 aliphatic carbocycles. The molecular formula is C21H27N3O2. The minimum atomic E-state index is -0.248. The minimum Gasteiger partial charge on any atom is -0.338 e. The van der Waals surface area contributed by atoms with Crippen LogP contribution in [0.25, 0.3) is 0 Å². The van der Waals surface area contributed by atoms with E-state index in [4.69, 9.17) is 0 Å². The van der Waals surface area contributed by atoms with Crippen molar-refractivity contribution in [3.63, 3.8) is 0 Å². The highest BCUT2D eigenvalue weighted by Gasteiger charge is 2.14. The molecule has 0 fully saturated rings. The number of nitrogens with zero attached hydrogens (tertiary/aromatic N) is 1. The van der Waals surface area contributed by atoms with Crippen LogP contribution in [-0.4, -0.2) is 25.5 Å². The molecule has 0 heterocycles. The third-order valence-corrected chi connectivity index (χ3v) is 4.13. The van der Waals surface area contributed by atoms with Crippen molar-refractivity contribution >= 4 is 23.3 Å². The summed E-state index contributed by atoms with van der Waals surface area (Å²) >= 11 is 0. The summed E-state index contributed by atoms with van der Waals surface area (Å²) in [6, 6.07) is 16.2. The second kappa shape index (κ2) is 10.2. The summed E-state index contributed by atoms with van der Waals surface area (Å²) in [5, 5.41) is 5.63. The van der Waals surface area contributed by atoms with E-state index in [0.717, 1.165) is 18.5 Å². The Labute approximate surface area is 155 Å². The first-order valence-corrected chi connectivity index (χ1v) is 9.10. The monoisotopic (exact) mass is 353 g/mol. The Hall–Kier alpha value is -2.82. The van der Waals surface area contributed by atoms with Gasteiger partial charge in [-0.25, -0.2) is 4.79 Å². The summed E-state index contributed by atoms with van der Waals surface area (Å²) < 4.78 is 0. The number of rotatable bonds is 8. The van der Waals surface area contributed by atoms with Crippen LogP contribution >= 0.6 is 0 Å². The first kappa shape index (κ1) is 19.5. The topological polar surface area (TPSA) is 61.4 Å². The van der Waals surface area contributed by atoms with Crippen molar-refractivity contribution < 1.29 is 9.59 Å². The van der Waals surface area contributed by atoms with E-state index < -0.39 is 0 Å². The van der Waals surface area contributed by atoms with Gasteiger partial charge in [-0.2, -0.15) is 0 Å². The number of amides is 3. The van der Waals surface area contributed by atoms with E-state index >= 15 is 0 Å². The third kappa shape index (κ3) is 5.92. The Balaban J connectivity index is 1.92. The maximum Gasteiger partial charge on any atom is 0.319 e. The van der Waals surface area contributed by atoms with Gasteiger partial charge in [-0.1, -0.05) is 50.5 Å². The number of anilines is 2. The normalized spacial score (nSPS) is 10.2. The van der Waals surface area contributed by atoms with Gasteiger partial charge >= 0.3 is 6.03 Å². The van der Waals surface area contributed by atoms with Crippen LogP contribution in [0, 0.1) is 0 Å². The molecule has 2 aromatic carbocycles. The van der Waals surface area contributed by atoms with Crippen LogP contribution in [0.3, 0.4) is 0 Å². The molecule has 2 rings (SSSR count). The number of para-hydroxylation sites is 1. The number of urea groups is 1. The highest BCUT2D eigenvalue weighted by molar-refractivity contribution is 6.06. The molecule has 0 spiro atoms. The summed E-state index contributed by atoms with van der Waals surface area (Å²) in [5.74, 6) is -0.125. The largest absolute Gasteiger partial charge is 0.338 e. The number of carbonyl (C=O) groups excluding carboxylic acids is 2. The van der Waals surface area contributed by atoms with Crippen LogP contribution < -0.4 is 15.5 Å². The summed E-state index contributed by atoms with van der Waals surface area (Å²) in [6.45, 7) is 2.81. The number of unbranched alkanes of at least 4 members (excludes halogenated alkanes) is 3. The molecule has 5 heteroatoms. The lowest BCUT2D eigenvalue weighted by atomic mass is 10.1. The molecule has 3 amide bonds. The van der Waals surface area contributed by atoms with E-state index in [9.17, 15) is 9.59 Å². The highest BCUT2D eigenvalue weighted by atomic mass is 16.2. The molecule has 0 aromatic heterocycles. The molecule has 0 radical (unpaired) electrons. The van der Waals surface area contributed by atoms with E-state index in [2.05, 4.69) is 17.6 Å². The molecule has 0 aliphatic rings. The van der Waals surface area contributed by atoms with Crippen LogP contribution in [0.5, 0.6) is 0 Å². The molecule has 5 nitrogen and oxygen atoms in total. The Morgan fingerprint density at radius 1 is 0.962 bits per heavy atom. The van der Waals surface area contributed by atoms with E-state index in [1.807, 2.05) is 30.3 Å². The fourth-order valence-electron chi connectivity index (χ4n) is 2.62. The van der Waals surface area contributed by atoms with Gasteiger partial charge in [0.15, 0.2) is 0 Å². The van der Waals surface area contributed by atoms with Crippen molar-refractivity contribution in [2.24, 2.45) is 0 Å². The van der Waals surface area contributed by atoms with Gasteiger partial charge in [-0.05, 0) is 36.8 Å². The quantitative estimate of drug-likeness (QED) is 0.678. The van der Waals surface area contributed by atoms with E-state index in [0.29, 0.717) is 17.8 Å². The maximum atomic E-state index is 12.7. The lowest BCUT2D eigenvalue weighted by Gasteiger charge is -2.17. The van der Waals surface area contributed by atoms with E-state index in [-0.39, 0.29) is 11.9 Å². The zero-order valence-corrected chi connectivity index (χ0v) is 15.5. The lowest BCUT2D eigenvalue weighted by molar-refractivity contribution is 0.0993. The highest BCUT2D eigenvalue weighted by Crippen LogP contribution is 2.17. The van der Waals surface area contributed by atoms with Crippen molar-refractivity contribution in [1.82, 2.24) is 5.32 Å². The first-order chi connectivity index (χ1) is 12.6. The van der Waals surface area contributed by atoms with Gasteiger partial charge in [-0.15, -0.1) is 0 Å². The van der Waals surface area contributed by atoms with Gasteiger partial charge in [0.2, 0.25) is 0 Å². The van der Waals surface area contributed by atoms with E-state index in [1.165, 1.54) is 12.8 Å². The van der Waals surface area contributed by atoms with Gasteiger partial charge < -0.3 is 15.5 Å². The van der Waals surface area contributed by atoms with Gasteiger partial charge in [0, 0.05) is 30.5 Å². The smallest absolute Gasteiger partial charge is 0.319 e. The van der Waals surface area contributed by atoms with Crippen molar-refractivity contribution in [3.8, 4) is 0 Å². The Bertz CT molecular complexity index is 716. The molecule has 0 saturated heterocycles. The first-order valence-electron chi connectivity index (χ1n) is 9.10. The van der Waals surface area contributed by atoms with Crippen LogP contribution in [0.1, 0.15) is 43.0 Å². The van der Waals surface area contributed by atoms with Crippen LogP contribution in [0.2, 0.25) is 0 Å². The number of hydrogen-bond donors (Lipinski definition) is 2. The predicted molar refractivity (Wildman–Crippen MR) is 107 cm³/mol. The predicted octanol–water partition coefficient (Wildman–Crippen LogP) is 4.67. The molecule has 26 heavy (non-hydrogen) atoms. The zero-order valence-electron chi connectivity index (χ0n) is 15.5. The average molecular weight is 353 g/mol. The van der Waals surface area contributed by atoms with Crippen molar-refractivity contribution in [3.05, 3.63) is 60.2 Å². The molecule has 0 unspecified atom stereocenters. The summed E-state index contributed by atoms with van der Waals surface area (Å²) in [7, 11) is 1.74. The molecule has 0 bridgehead atoms. The minimum absolute atomic E-state index is 0.125. The van der Waals surface area contributed by atoms with E-state index in [1.54, 1.807) is 36.2 Å². The Kier molecular flexibility index (Phi) is 7.68. The molecule has 0 aliphatic heterocycles. The van der Waals surface area contributed by atoms with Gasteiger partial charge in [0.25, 0.3) is 5.91 Å². The molecule has 138 valence electrons. The van der Waals surface area contributed by atoms with Gasteiger partial charge in [-0.3, -0.25) is 4.79 Å².